The molecule has 1 aromatic carbocycles. The molecule has 0 aromatic heterocycles. The Labute approximate surface area is 97.4 Å². The van der Waals surface area contributed by atoms with Crippen LogP contribution in [0.15, 0.2) is 24.3 Å². The van der Waals surface area contributed by atoms with Crippen LogP contribution in [0.5, 0.6) is 5.75 Å². The number of benzene rings is 1. The number of rotatable bonds is 5. The Morgan fingerprint density at radius 1 is 1.41 bits per heavy atom. The van der Waals surface area contributed by atoms with Gasteiger partial charge >= 0.3 is 6.36 Å². The van der Waals surface area contributed by atoms with Crippen LogP contribution < -0.4 is 4.74 Å². The monoisotopic (exact) mass is 246 g/mol. The summed E-state index contributed by atoms with van der Waals surface area (Å²) in [6.07, 6.45) is -2.57. The number of aldehydes is 1. The number of halogens is 3. The molecule has 94 valence electrons. The molecule has 1 aromatic rings. The summed E-state index contributed by atoms with van der Waals surface area (Å²) >= 11 is 0. The van der Waals surface area contributed by atoms with Gasteiger partial charge in [-0.05, 0) is 24.1 Å². The van der Waals surface area contributed by atoms with Gasteiger partial charge in [-0.1, -0.05) is 25.5 Å². The second-order valence-electron chi connectivity index (χ2n) is 3.65. The molecule has 0 fully saturated rings. The Morgan fingerprint density at radius 3 is 2.65 bits per heavy atom. The maximum atomic E-state index is 12.0. The smallest absolute Gasteiger partial charge is 0.406 e. The zero-order chi connectivity index (χ0) is 12.9. The lowest BCUT2D eigenvalue weighted by molar-refractivity contribution is -0.274. The molecule has 0 aliphatic heterocycles. The Bertz CT molecular complexity index is 374. The van der Waals surface area contributed by atoms with Crippen LogP contribution in [-0.4, -0.2) is 12.6 Å². The molecule has 1 unspecified atom stereocenters. The first-order valence-electron chi connectivity index (χ1n) is 5.27. The lowest BCUT2D eigenvalue weighted by Crippen LogP contribution is -2.17. The van der Waals surface area contributed by atoms with Crippen LogP contribution in [0.4, 0.5) is 13.2 Å². The van der Waals surface area contributed by atoms with Gasteiger partial charge in [0.1, 0.15) is 12.0 Å². The molecule has 0 saturated carbocycles. The summed E-state index contributed by atoms with van der Waals surface area (Å²) in [5.41, 5.74) is 0.545. The van der Waals surface area contributed by atoms with Gasteiger partial charge in [-0.25, -0.2) is 0 Å². The van der Waals surface area contributed by atoms with Crippen molar-refractivity contribution >= 4 is 6.29 Å². The van der Waals surface area contributed by atoms with Crippen LogP contribution in [0.25, 0.3) is 0 Å². The minimum atomic E-state index is -4.71. The topological polar surface area (TPSA) is 26.3 Å². The molecule has 1 atom stereocenters. The van der Waals surface area contributed by atoms with Crippen molar-refractivity contribution in [2.45, 2.75) is 32.0 Å². The number of alkyl halides is 3. The van der Waals surface area contributed by atoms with Crippen molar-refractivity contribution in [1.82, 2.24) is 0 Å². The second-order valence-corrected chi connectivity index (χ2v) is 3.65. The van der Waals surface area contributed by atoms with Gasteiger partial charge < -0.3 is 9.53 Å². The first-order chi connectivity index (χ1) is 7.96. The van der Waals surface area contributed by atoms with Crippen molar-refractivity contribution in [1.29, 1.82) is 0 Å². The largest absolute Gasteiger partial charge is 0.573 e. The van der Waals surface area contributed by atoms with Crippen LogP contribution >= 0.6 is 0 Å². The molecular weight excluding hydrogens is 233 g/mol. The maximum Gasteiger partial charge on any atom is 0.573 e. The second kappa shape index (κ2) is 5.70. The van der Waals surface area contributed by atoms with Crippen molar-refractivity contribution in [3.05, 3.63) is 29.8 Å². The Kier molecular flexibility index (Phi) is 4.54. The zero-order valence-corrected chi connectivity index (χ0v) is 9.33. The standard InChI is InChI=1S/C12H13F3O2/c1-2-4-10(8-16)9-5-3-6-11(7-9)17-12(13,14)15/h3,5-8,10H,2,4H2,1H3. The average molecular weight is 246 g/mol. The molecule has 0 aliphatic rings. The van der Waals surface area contributed by atoms with Crippen molar-refractivity contribution in [3.63, 3.8) is 0 Å². The molecule has 0 aliphatic carbocycles. The fraction of sp³-hybridized carbons (Fsp3) is 0.417. The summed E-state index contributed by atoms with van der Waals surface area (Å²) in [6.45, 7) is 1.91. The number of hydrogen-bond acceptors (Lipinski definition) is 2. The highest BCUT2D eigenvalue weighted by Crippen LogP contribution is 2.27. The fourth-order valence-corrected chi connectivity index (χ4v) is 1.57. The highest BCUT2D eigenvalue weighted by molar-refractivity contribution is 5.62. The van der Waals surface area contributed by atoms with E-state index in [2.05, 4.69) is 4.74 Å². The summed E-state index contributed by atoms with van der Waals surface area (Å²) in [7, 11) is 0. The summed E-state index contributed by atoms with van der Waals surface area (Å²) in [4.78, 5) is 10.8. The van der Waals surface area contributed by atoms with Crippen molar-refractivity contribution in [2.24, 2.45) is 0 Å². The normalized spacial score (nSPS) is 13.2. The highest BCUT2D eigenvalue weighted by Gasteiger charge is 2.31. The van der Waals surface area contributed by atoms with Gasteiger partial charge in [0.2, 0.25) is 0 Å². The van der Waals surface area contributed by atoms with E-state index in [1.165, 1.54) is 18.2 Å². The predicted octanol–water partition coefficient (Wildman–Crippen LogP) is 3.67. The van der Waals surface area contributed by atoms with Crippen molar-refractivity contribution in [2.75, 3.05) is 0 Å². The summed E-state index contributed by atoms with van der Waals surface area (Å²) in [5.74, 6) is -0.672. The van der Waals surface area contributed by atoms with Crippen molar-refractivity contribution < 1.29 is 22.7 Å². The van der Waals surface area contributed by atoms with E-state index in [1.807, 2.05) is 6.92 Å². The summed E-state index contributed by atoms with van der Waals surface area (Å²) < 4.78 is 39.8. The summed E-state index contributed by atoms with van der Waals surface area (Å²) in [6, 6.07) is 5.54. The van der Waals surface area contributed by atoms with E-state index in [1.54, 1.807) is 6.07 Å². The van der Waals surface area contributed by atoms with Crippen LogP contribution in [0.2, 0.25) is 0 Å². The molecule has 0 spiro atoms. The number of ether oxygens (including phenoxy) is 1. The predicted molar refractivity (Wildman–Crippen MR) is 56.8 cm³/mol. The molecule has 0 heterocycles. The molecule has 17 heavy (non-hydrogen) atoms. The van der Waals surface area contributed by atoms with E-state index in [0.29, 0.717) is 12.0 Å². The van der Waals surface area contributed by atoms with E-state index < -0.39 is 6.36 Å². The fourth-order valence-electron chi connectivity index (χ4n) is 1.57. The molecule has 0 radical (unpaired) electrons. The lowest BCUT2D eigenvalue weighted by atomic mass is 9.96. The molecule has 1 rings (SSSR count). The molecule has 0 amide bonds. The van der Waals surface area contributed by atoms with E-state index >= 15 is 0 Å². The van der Waals surface area contributed by atoms with E-state index in [0.717, 1.165) is 12.7 Å². The van der Waals surface area contributed by atoms with Crippen LogP contribution in [-0.2, 0) is 4.79 Å². The third kappa shape index (κ3) is 4.46. The molecule has 0 bridgehead atoms. The van der Waals surface area contributed by atoms with E-state index in [4.69, 9.17) is 0 Å². The van der Waals surface area contributed by atoms with Gasteiger partial charge in [0.15, 0.2) is 0 Å². The molecule has 2 nitrogen and oxygen atoms in total. The molecule has 0 saturated heterocycles. The van der Waals surface area contributed by atoms with Gasteiger partial charge in [-0.3, -0.25) is 0 Å². The minimum absolute atomic E-state index is 0.294. The highest BCUT2D eigenvalue weighted by atomic mass is 19.4. The Morgan fingerprint density at radius 2 is 2.12 bits per heavy atom. The van der Waals surface area contributed by atoms with Crippen LogP contribution in [0.3, 0.4) is 0 Å². The number of carbonyl (C=O) groups is 1. The van der Waals surface area contributed by atoms with Gasteiger partial charge in [0.25, 0.3) is 0 Å². The van der Waals surface area contributed by atoms with Gasteiger partial charge in [-0.15, -0.1) is 13.2 Å². The summed E-state index contributed by atoms with van der Waals surface area (Å²) in [5, 5.41) is 0. The Hall–Kier alpha value is -1.52. The Balaban J connectivity index is 2.88. The third-order valence-electron chi connectivity index (χ3n) is 2.28. The molecule has 5 heteroatoms. The quantitative estimate of drug-likeness (QED) is 0.741. The minimum Gasteiger partial charge on any atom is -0.406 e. The van der Waals surface area contributed by atoms with Crippen LogP contribution in [0.1, 0.15) is 31.2 Å². The zero-order valence-electron chi connectivity index (χ0n) is 9.33. The third-order valence-corrected chi connectivity index (χ3v) is 2.28. The first kappa shape index (κ1) is 13.5. The van der Waals surface area contributed by atoms with Gasteiger partial charge in [0.05, 0.1) is 0 Å². The van der Waals surface area contributed by atoms with E-state index in [-0.39, 0.29) is 11.7 Å². The number of hydrogen-bond donors (Lipinski definition) is 0. The number of carbonyl (C=O) groups excluding carboxylic acids is 1. The van der Waals surface area contributed by atoms with E-state index in [9.17, 15) is 18.0 Å². The average Bonchev–Trinajstić information content (AvgIpc) is 2.24. The molecular formula is C12H13F3O2. The first-order valence-corrected chi connectivity index (χ1v) is 5.27. The maximum absolute atomic E-state index is 12.0. The van der Waals surface area contributed by atoms with Gasteiger partial charge in [-0.2, -0.15) is 0 Å². The molecule has 0 N–H and O–H groups in total. The van der Waals surface area contributed by atoms with Crippen molar-refractivity contribution in [3.8, 4) is 5.75 Å². The van der Waals surface area contributed by atoms with Gasteiger partial charge in [0, 0.05) is 5.92 Å². The lowest BCUT2D eigenvalue weighted by Gasteiger charge is -2.13. The van der Waals surface area contributed by atoms with Crippen LogP contribution in [0, 0.1) is 0 Å². The SMILES string of the molecule is CCCC(C=O)c1cccc(OC(F)(F)F)c1.